The van der Waals surface area contributed by atoms with Gasteiger partial charge in [-0.1, -0.05) is 44.0 Å². The number of ether oxygens (including phenoxy) is 1. The molecule has 0 spiro atoms. The van der Waals surface area contributed by atoms with Crippen molar-refractivity contribution in [2.24, 2.45) is 0 Å². The van der Waals surface area contributed by atoms with Gasteiger partial charge >= 0.3 is 0 Å². The summed E-state index contributed by atoms with van der Waals surface area (Å²) in [5, 5.41) is 4.52. The Hall–Kier alpha value is -2.23. The van der Waals surface area contributed by atoms with E-state index in [2.05, 4.69) is 49.1 Å². The molecule has 0 amide bonds. The Morgan fingerprint density at radius 1 is 1.16 bits per heavy atom. The zero-order chi connectivity index (χ0) is 27.5. The first-order valence-electron chi connectivity index (χ1n) is 12.9. The van der Waals surface area contributed by atoms with Gasteiger partial charge in [-0.2, -0.15) is 0 Å². The van der Waals surface area contributed by atoms with Crippen LogP contribution in [0.25, 0.3) is 11.3 Å². The molecule has 38 heavy (non-hydrogen) atoms. The summed E-state index contributed by atoms with van der Waals surface area (Å²) in [4.78, 5) is 24.5. The Kier molecular flexibility index (Phi) is 8.99. The van der Waals surface area contributed by atoms with Gasteiger partial charge in [-0.05, 0) is 66.4 Å². The summed E-state index contributed by atoms with van der Waals surface area (Å²) >= 11 is 12.8. The molecule has 204 valence electrons. The molecule has 3 aromatic rings. The highest BCUT2D eigenvalue weighted by atomic mass is 35.5. The van der Waals surface area contributed by atoms with Gasteiger partial charge in [0.2, 0.25) is 11.5 Å². The lowest BCUT2D eigenvalue weighted by Gasteiger charge is -2.39. The van der Waals surface area contributed by atoms with Crippen molar-refractivity contribution in [3.05, 3.63) is 74.3 Å². The lowest BCUT2D eigenvalue weighted by molar-refractivity contribution is 0.0903. The van der Waals surface area contributed by atoms with E-state index < -0.39 is 8.32 Å². The third-order valence-corrected chi connectivity index (χ3v) is 12.3. The molecule has 2 N–H and O–H groups in total. The molecule has 1 atom stereocenters. The molecule has 0 bridgehead atoms. The van der Waals surface area contributed by atoms with Crippen molar-refractivity contribution in [3.8, 4) is 11.3 Å². The van der Waals surface area contributed by atoms with E-state index in [1.54, 1.807) is 24.5 Å². The summed E-state index contributed by atoms with van der Waals surface area (Å²) in [5.74, 6) is 0.538. The first kappa shape index (κ1) is 28.8. The third-order valence-electron chi connectivity index (χ3n) is 7.40. The van der Waals surface area contributed by atoms with Crippen LogP contribution in [0.3, 0.4) is 0 Å². The average molecular weight is 576 g/mol. The molecule has 1 aromatic carbocycles. The van der Waals surface area contributed by atoms with Gasteiger partial charge in [0, 0.05) is 59.7 Å². The molecular formula is C28H36Cl2N4O3Si. The van der Waals surface area contributed by atoms with Crippen LogP contribution in [0.1, 0.15) is 50.8 Å². The maximum atomic E-state index is 12.4. The van der Waals surface area contributed by atoms with Gasteiger partial charge in [-0.15, -0.1) is 0 Å². The number of nitrogens with one attached hydrogen (secondary N) is 2. The number of rotatable bonds is 8. The monoisotopic (exact) mass is 574 g/mol. The topological polar surface area (TPSA) is 89.1 Å². The van der Waals surface area contributed by atoms with Crippen molar-refractivity contribution in [2.45, 2.75) is 70.3 Å². The molecule has 1 aliphatic rings. The summed E-state index contributed by atoms with van der Waals surface area (Å²) in [6.45, 7) is 12.5. The molecular weight excluding hydrogens is 539 g/mol. The van der Waals surface area contributed by atoms with Crippen molar-refractivity contribution in [2.75, 3.05) is 18.5 Å². The Bertz CT molecular complexity index is 1300. The van der Waals surface area contributed by atoms with E-state index in [-0.39, 0.29) is 22.7 Å². The highest BCUT2D eigenvalue weighted by Crippen LogP contribution is 2.41. The standard InChI is InChI=1S/C28H36Cl2N4O3Si/c1-28(2,3)38(4,5)37-25(18-12-20(29)15-21(30)13-18)14-19-17-32-26(35)16-23(19)24-6-9-31-27(34-24)33-22-7-10-36-11-8-22/h6,9,12-13,15-17,22,25H,7-8,10-11,14H2,1-5H3,(H,32,35)(H,31,33,34). The number of aromatic nitrogens is 3. The second kappa shape index (κ2) is 11.9. The molecule has 0 radical (unpaired) electrons. The third kappa shape index (κ3) is 7.24. The molecule has 1 fully saturated rings. The molecule has 1 aliphatic heterocycles. The van der Waals surface area contributed by atoms with Crippen LogP contribution >= 0.6 is 23.2 Å². The Labute approximate surface area is 235 Å². The van der Waals surface area contributed by atoms with Gasteiger partial charge in [0.15, 0.2) is 8.32 Å². The number of H-pyrrole nitrogens is 1. The first-order valence-corrected chi connectivity index (χ1v) is 16.6. The number of hydrogen-bond acceptors (Lipinski definition) is 6. The number of nitrogens with zero attached hydrogens (tertiary/aromatic N) is 2. The van der Waals surface area contributed by atoms with Gasteiger partial charge in [-0.3, -0.25) is 4.79 Å². The van der Waals surface area contributed by atoms with Gasteiger partial charge in [0.1, 0.15) is 0 Å². The fraction of sp³-hybridized carbons (Fsp3) is 0.464. The number of benzene rings is 1. The molecule has 3 heterocycles. The van der Waals surface area contributed by atoms with Crippen LogP contribution in [-0.2, 0) is 15.6 Å². The number of hydrogen-bond donors (Lipinski definition) is 2. The van der Waals surface area contributed by atoms with Crippen molar-refractivity contribution in [1.29, 1.82) is 0 Å². The normalized spacial score (nSPS) is 15.9. The summed E-state index contributed by atoms with van der Waals surface area (Å²) in [7, 11) is -2.18. The van der Waals surface area contributed by atoms with E-state index in [0.717, 1.165) is 42.7 Å². The minimum Gasteiger partial charge on any atom is -0.410 e. The number of halogens is 2. The molecule has 0 aliphatic carbocycles. The molecule has 2 aromatic heterocycles. The van der Waals surface area contributed by atoms with Gasteiger partial charge in [0.05, 0.1) is 11.8 Å². The predicted octanol–water partition coefficient (Wildman–Crippen LogP) is 7.04. The van der Waals surface area contributed by atoms with E-state index in [0.29, 0.717) is 28.1 Å². The second-order valence-corrected chi connectivity index (χ2v) is 16.9. The van der Waals surface area contributed by atoms with Crippen molar-refractivity contribution in [1.82, 2.24) is 15.0 Å². The fourth-order valence-corrected chi connectivity index (χ4v) is 6.06. The zero-order valence-corrected chi connectivity index (χ0v) is 25.1. The van der Waals surface area contributed by atoms with Crippen molar-refractivity contribution < 1.29 is 9.16 Å². The summed E-state index contributed by atoms with van der Waals surface area (Å²) < 4.78 is 12.4. The highest BCUT2D eigenvalue weighted by molar-refractivity contribution is 6.74. The molecule has 4 rings (SSSR count). The van der Waals surface area contributed by atoms with E-state index in [1.807, 2.05) is 18.2 Å². The molecule has 1 unspecified atom stereocenters. The van der Waals surface area contributed by atoms with E-state index in [1.165, 1.54) is 0 Å². The van der Waals surface area contributed by atoms with Crippen LogP contribution in [0.15, 0.2) is 47.5 Å². The van der Waals surface area contributed by atoms with Gasteiger partial charge < -0.3 is 19.5 Å². The number of pyridine rings is 1. The summed E-state index contributed by atoms with van der Waals surface area (Å²) in [6, 6.07) is 9.19. The lowest BCUT2D eigenvalue weighted by Crippen LogP contribution is -2.42. The minimum absolute atomic E-state index is 0.00116. The van der Waals surface area contributed by atoms with E-state index in [9.17, 15) is 4.79 Å². The van der Waals surface area contributed by atoms with Crippen LogP contribution in [0.5, 0.6) is 0 Å². The fourth-order valence-electron chi connectivity index (χ4n) is 4.23. The first-order chi connectivity index (χ1) is 17.9. The summed E-state index contributed by atoms with van der Waals surface area (Å²) in [5.41, 5.74) is 3.01. The molecule has 1 saturated heterocycles. The largest absolute Gasteiger partial charge is 0.410 e. The van der Waals surface area contributed by atoms with Crippen LogP contribution in [0.4, 0.5) is 5.95 Å². The van der Waals surface area contributed by atoms with E-state index in [4.69, 9.17) is 37.3 Å². The van der Waals surface area contributed by atoms with Gasteiger partial charge in [-0.25, -0.2) is 9.97 Å². The smallest absolute Gasteiger partial charge is 0.248 e. The predicted molar refractivity (Wildman–Crippen MR) is 157 cm³/mol. The van der Waals surface area contributed by atoms with Crippen LogP contribution in [-0.4, -0.2) is 42.5 Å². The minimum atomic E-state index is -2.18. The van der Waals surface area contributed by atoms with Crippen molar-refractivity contribution >= 4 is 37.5 Å². The Balaban J connectivity index is 1.71. The van der Waals surface area contributed by atoms with Crippen LogP contribution < -0.4 is 10.9 Å². The van der Waals surface area contributed by atoms with Crippen LogP contribution in [0.2, 0.25) is 28.2 Å². The molecule has 0 saturated carbocycles. The van der Waals surface area contributed by atoms with E-state index >= 15 is 0 Å². The quantitative estimate of drug-likeness (QED) is 0.280. The molecule has 7 nitrogen and oxygen atoms in total. The Morgan fingerprint density at radius 3 is 2.50 bits per heavy atom. The van der Waals surface area contributed by atoms with Crippen molar-refractivity contribution in [3.63, 3.8) is 0 Å². The second-order valence-electron chi connectivity index (χ2n) is 11.3. The SMILES string of the molecule is CC(C)(C)[Si](C)(C)OC(Cc1c[nH]c(=O)cc1-c1ccnc(NC2CCOCC2)n1)c1cc(Cl)cc(Cl)c1. The number of anilines is 1. The Morgan fingerprint density at radius 2 is 1.84 bits per heavy atom. The molecule has 10 heteroatoms. The number of aromatic amines is 1. The zero-order valence-electron chi connectivity index (χ0n) is 22.6. The average Bonchev–Trinajstić information content (AvgIpc) is 2.84. The maximum absolute atomic E-state index is 12.4. The summed E-state index contributed by atoms with van der Waals surface area (Å²) in [6.07, 6.45) is 5.45. The van der Waals surface area contributed by atoms with Crippen LogP contribution in [0, 0.1) is 0 Å². The lowest BCUT2D eigenvalue weighted by atomic mass is 9.97. The maximum Gasteiger partial charge on any atom is 0.248 e. The van der Waals surface area contributed by atoms with Gasteiger partial charge in [0.25, 0.3) is 0 Å². The highest BCUT2D eigenvalue weighted by Gasteiger charge is 2.39.